The number of hydrogen-bond donors (Lipinski definition) is 4. The molecule has 0 unspecified atom stereocenters. The number of aromatic hydroxyl groups is 3. The van der Waals surface area contributed by atoms with Crippen molar-refractivity contribution in [3.63, 3.8) is 0 Å². The molecule has 0 amide bonds. The number of para-hydroxylation sites is 1. The van der Waals surface area contributed by atoms with Gasteiger partial charge < -0.3 is 30.1 Å². The number of carbonyl (C=O) groups excluding carboxylic acids is 1. The molecular weight excluding hydrogens is 513 g/mol. The van der Waals surface area contributed by atoms with Crippen molar-refractivity contribution >= 4 is 11.7 Å². The Kier molecular flexibility index (Phi) is 6.85. The second-order valence-corrected chi connectivity index (χ2v) is 9.81. The molecule has 0 aliphatic carbocycles. The number of esters is 1. The van der Waals surface area contributed by atoms with Crippen LogP contribution < -0.4 is 10.1 Å². The molecule has 204 valence electrons. The van der Waals surface area contributed by atoms with Crippen molar-refractivity contribution in [1.82, 2.24) is 0 Å². The molecule has 0 radical (unpaired) electrons. The van der Waals surface area contributed by atoms with Crippen LogP contribution in [-0.2, 0) is 21.6 Å². The summed E-state index contributed by atoms with van der Waals surface area (Å²) in [7, 11) is 1.57. The molecule has 0 saturated carbocycles. The molecule has 1 atom stereocenters. The molecule has 1 aliphatic rings. The second-order valence-electron chi connectivity index (χ2n) is 9.81. The van der Waals surface area contributed by atoms with E-state index in [1.54, 1.807) is 39.2 Å². The summed E-state index contributed by atoms with van der Waals surface area (Å²) >= 11 is 0. The van der Waals surface area contributed by atoms with Crippen molar-refractivity contribution in [2.75, 3.05) is 12.4 Å². The van der Waals surface area contributed by atoms with Gasteiger partial charge >= 0.3 is 5.97 Å². The highest BCUT2D eigenvalue weighted by atomic mass is 19.1. The normalized spacial score (nSPS) is 16.2. The number of nitrogens with one attached hydrogen (secondary N) is 1. The summed E-state index contributed by atoms with van der Waals surface area (Å²) in [4.78, 5) is 13.7. The van der Waals surface area contributed by atoms with E-state index >= 15 is 0 Å². The zero-order valence-corrected chi connectivity index (χ0v) is 22.2. The van der Waals surface area contributed by atoms with Gasteiger partial charge in [0, 0.05) is 28.6 Å². The zero-order valence-electron chi connectivity index (χ0n) is 22.2. The molecule has 40 heavy (non-hydrogen) atoms. The van der Waals surface area contributed by atoms with Gasteiger partial charge in [-0.2, -0.15) is 0 Å². The van der Waals surface area contributed by atoms with Gasteiger partial charge in [-0.1, -0.05) is 30.3 Å². The lowest BCUT2D eigenvalue weighted by Gasteiger charge is -2.39. The van der Waals surface area contributed by atoms with Crippen LogP contribution in [-0.4, -0.2) is 28.4 Å². The minimum Gasteiger partial charge on any atom is -0.508 e. The summed E-state index contributed by atoms with van der Waals surface area (Å²) in [5, 5.41) is 34.8. The maximum Gasteiger partial charge on any atom is 0.337 e. The van der Waals surface area contributed by atoms with E-state index in [0.29, 0.717) is 33.8 Å². The van der Waals surface area contributed by atoms with Gasteiger partial charge in [0.25, 0.3) is 0 Å². The van der Waals surface area contributed by atoms with Gasteiger partial charge in [0.2, 0.25) is 0 Å². The van der Waals surface area contributed by atoms with E-state index in [4.69, 9.17) is 9.47 Å². The number of methoxy groups -OCH3 is 1. The van der Waals surface area contributed by atoms with Gasteiger partial charge in [0.05, 0.1) is 18.1 Å². The molecule has 0 saturated heterocycles. The molecule has 1 heterocycles. The highest BCUT2D eigenvalue weighted by Crippen LogP contribution is 2.52. The Morgan fingerprint density at radius 3 is 2.45 bits per heavy atom. The predicted octanol–water partition coefficient (Wildman–Crippen LogP) is 6.37. The molecule has 1 aliphatic heterocycles. The highest BCUT2D eigenvalue weighted by molar-refractivity contribution is 5.97. The van der Waals surface area contributed by atoms with Crippen LogP contribution >= 0.6 is 0 Å². The van der Waals surface area contributed by atoms with Gasteiger partial charge in [-0.3, -0.25) is 0 Å². The number of carbonyl (C=O) groups is 1. The first-order valence-electron chi connectivity index (χ1n) is 12.6. The summed E-state index contributed by atoms with van der Waals surface area (Å²) < 4.78 is 24.9. The van der Waals surface area contributed by atoms with Gasteiger partial charge in [0.15, 0.2) is 0 Å². The maximum absolute atomic E-state index is 13.8. The van der Waals surface area contributed by atoms with Crippen molar-refractivity contribution in [3.8, 4) is 34.1 Å². The average molecular weight is 542 g/mol. The van der Waals surface area contributed by atoms with E-state index < -0.39 is 17.2 Å². The van der Waals surface area contributed by atoms with Crippen LogP contribution in [0.2, 0.25) is 0 Å². The number of allylic oxidation sites excluding steroid dienone is 1. The van der Waals surface area contributed by atoms with Crippen LogP contribution in [0, 0.1) is 5.82 Å². The fourth-order valence-electron chi connectivity index (χ4n) is 5.45. The molecule has 0 fully saturated rings. The lowest BCUT2D eigenvalue weighted by Crippen LogP contribution is -2.37. The van der Waals surface area contributed by atoms with E-state index in [-0.39, 0.29) is 35.0 Å². The zero-order chi connectivity index (χ0) is 28.6. The van der Waals surface area contributed by atoms with Crippen LogP contribution in [0.1, 0.15) is 30.5 Å². The molecular formula is C32H28FNO6. The summed E-state index contributed by atoms with van der Waals surface area (Å²) in [5.41, 5.74) is 2.69. The number of ether oxygens (including phenoxy) is 2. The molecule has 0 spiro atoms. The topological polar surface area (TPSA) is 108 Å². The first-order valence-corrected chi connectivity index (χ1v) is 12.6. The molecule has 5 rings (SSSR count). The van der Waals surface area contributed by atoms with Gasteiger partial charge in [-0.25, -0.2) is 9.18 Å². The quantitative estimate of drug-likeness (QED) is 0.210. The van der Waals surface area contributed by atoms with Gasteiger partial charge in [0.1, 0.15) is 35.4 Å². The number of fused-ring (bicyclic) bond motifs is 1. The van der Waals surface area contributed by atoms with Crippen LogP contribution in [0.15, 0.2) is 90.1 Å². The molecule has 8 heteroatoms. The van der Waals surface area contributed by atoms with Crippen molar-refractivity contribution in [2.45, 2.75) is 25.9 Å². The van der Waals surface area contributed by atoms with Gasteiger partial charge in [-0.05, 0) is 73.0 Å². The summed E-state index contributed by atoms with van der Waals surface area (Å²) in [6, 6.07) is 20.8. The SMILES string of the molecule is COc1ccccc1-c1cc(O)c2c(c1)NC(C)=C(C(=O)OCc1cc(O)cc(F)c1)[C@]2(C)c1cccc(O)c1. The highest BCUT2D eigenvalue weighted by Gasteiger charge is 2.46. The molecule has 4 aromatic rings. The Labute approximate surface area is 230 Å². The Morgan fingerprint density at radius 1 is 0.950 bits per heavy atom. The Morgan fingerprint density at radius 2 is 1.73 bits per heavy atom. The lowest BCUT2D eigenvalue weighted by atomic mass is 9.67. The third kappa shape index (κ3) is 4.68. The number of phenolic OH excluding ortho intramolecular Hbond substituents is 3. The van der Waals surface area contributed by atoms with Crippen LogP contribution in [0.25, 0.3) is 11.1 Å². The second kappa shape index (κ2) is 10.3. The fraction of sp³-hybridized carbons (Fsp3) is 0.156. The average Bonchev–Trinajstić information content (AvgIpc) is 2.90. The van der Waals surface area contributed by atoms with Crippen molar-refractivity contribution in [3.05, 3.63) is 113 Å². The number of phenols is 3. The lowest BCUT2D eigenvalue weighted by molar-refractivity contribution is -0.141. The standard InChI is InChI=1S/C32H28FNO6/c1-18-29(31(38)40-17-19-11-22(33)16-24(36)12-19)32(2,21-7-6-8-23(35)15-21)30-26(34-18)13-20(14-27(30)37)25-9-4-5-10-28(25)39-3/h4-16,34-37H,17H2,1-3H3/t32-/m0/s1. The Bertz CT molecular complexity index is 1640. The van der Waals surface area contributed by atoms with Crippen molar-refractivity contribution in [1.29, 1.82) is 0 Å². The first-order chi connectivity index (χ1) is 19.1. The minimum atomic E-state index is -1.26. The van der Waals surface area contributed by atoms with E-state index in [2.05, 4.69) is 5.32 Å². The largest absolute Gasteiger partial charge is 0.508 e. The van der Waals surface area contributed by atoms with E-state index in [1.807, 2.05) is 30.3 Å². The minimum absolute atomic E-state index is 0.00968. The number of rotatable bonds is 6. The monoisotopic (exact) mass is 541 g/mol. The maximum atomic E-state index is 13.8. The number of anilines is 1. The smallest absolute Gasteiger partial charge is 0.337 e. The third-order valence-electron chi connectivity index (χ3n) is 7.17. The van der Waals surface area contributed by atoms with Crippen LogP contribution in [0.4, 0.5) is 10.1 Å². The van der Waals surface area contributed by atoms with Crippen molar-refractivity contribution in [2.24, 2.45) is 0 Å². The molecule has 4 aromatic carbocycles. The fourth-order valence-corrected chi connectivity index (χ4v) is 5.45. The van der Waals surface area contributed by atoms with Crippen molar-refractivity contribution < 1.29 is 34.0 Å². The van der Waals surface area contributed by atoms with Crippen LogP contribution in [0.3, 0.4) is 0 Å². The summed E-state index contributed by atoms with van der Waals surface area (Å²) in [5.74, 6) is -1.11. The van der Waals surface area contributed by atoms with Crippen LogP contribution in [0.5, 0.6) is 23.0 Å². The van der Waals surface area contributed by atoms with Gasteiger partial charge in [-0.15, -0.1) is 0 Å². The molecule has 4 N–H and O–H groups in total. The number of benzene rings is 4. The first kappa shape index (κ1) is 26.6. The van der Waals surface area contributed by atoms with E-state index in [9.17, 15) is 24.5 Å². The Hall–Kier alpha value is -4.98. The number of halogens is 1. The molecule has 0 aromatic heterocycles. The molecule has 7 nitrogen and oxygen atoms in total. The van der Waals surface area contributed by atoms with E-state index in [0.717, 1.165) is 11.6 Å². The number of hydrogen-bond acceptors (Lipinski definition) is 7. The summed E-state index contributed by atoms with van der Waals surface area (Å²) in [6.07, 6.45) is 0. The Balaban J connectivity index is 1.64. The molecule has 0 bridgehead atoms. The third-order valence-corrected chi connectivity index (χ3v) is 7.17. The van der Waals surface area contributed by atoms with E-state index in [1.165, 1.54) is 24.3 Å². The predicted molar refractivity (Wildman–Crippen MR) is 149 cm³/mol. The summed E-state index contributed by atoms with van der Waals surface area (Å²) in [6.45, 7) is 3.21.